The van der Waals surface area contributed by atoms with Crippen LogP contribution in [0, 0.1) is 6.92 Å². The molecule has 1 aliphatic heterocycles. The van der Waals surface area contributed by atoms with Crippen molar-refractivity contribution in [3.8, 4) is 0 Å². The van der Waals surface area contributed by atoms with Crippen molar-refractivity contribution in [2.45, 2.75) is 19.4 Å². The van der Waals surface area contributed by atoms with Crippen molar-refractivity contribution in [1.29, 1.82) is 0 Å². The highest BCUT2D eigenvalue weighted by Gasteiger charge is 2.16. The van der Waals surface area contributed by atoms with E-state index in [2.05, 4.69) is 40.3 Å². The van der Waals surface area contributed by atoms with Crippen LogP contribution in [0.2, 0.25) is 0 Å². The molecule has 13 heavy (non-hydrogen) atoms. The Morgan fingerprint density at radius 1 is 1.54 bits per heavy atom. The number of halogens is 1. The number of aryl methyl sites for hydroxylation is 1. The molecule has 0 spiro atoms. The molecule has 0 aromatic heterocycles. The number of fused-ring (bicyclic) bond motifs is 1. The topological polar surface area (TPSA) is 38.0 Å². The average Bonchev–Trinajstić information content (AvgIpc) is 2.02. The summed E-state index contributed by atoms with van der Waals surface area (Å²) in [7, 11) is 0. The molecule has 2 rings (SSSR count). The molecule has 1 aromatic rings. The summed E-state index contributed by atoms with van der Waals surface area (Å²) in [5.41, 5.74) is 9.75. The lowest BCUT2D eigenvalue weighted by molar-refractivity contribution is 0.678. The van der Waals surface area contributed by atoms with E-state index in [1.165, 1.54) is 16.8 Å². The number of anilines is 1. The molecule has 1 atom stereocenters. The standard InChI is InChI=1S/C10H13BrN2/c1-6-2-8(11)3-7-4-9(12)5-13-10(6)7/h2-3,9,13H,4-5,12H2,1H3. The van der Waals surface area contributed by atoms with Crippen LogP contribution in [0.4, 0.5) is 5.69 Å². The second kappa shape index (κ2) is 3.31. The summed E-state index contributed by atoms with van der Waals surface area (Å²) in [5, 5.41) is 3.36. The van der Waals surface area contributed by atoms with Crippen LogP contribution in [0.15, 0.2) is 16.6 Å². The minimum atomic E-state index is 0.251. The zero-order valence-electron chi connectivity index (χ0n) is 7.60. The quantitative estimate of drug-likeness (QED) is 0.729. The van der Waals surface area contributed by atoms with Gasteiger partial charge in [0.2, 0.25) is 0 Å². The van der Waals surface area contributed by atoms with Crippen LogP contribution in [0.1, 0.15) is 11.1 Å². The van der Waals surface area contributed by atoms with Crippen molar-refractivity contribution in [3.05, 3.63) is 27.7 Å². The van der Waals surface area contributed by atoms with E-state index in [0.29, 0.717) is 0 Å². The highest BCUT2D eigenvalue weighted by atomic mass is 79.9. The molecule has 70 valence electrons. The van der Waals surface area contributed by atoms with Crippen molar-refractivity contribution in [3.63, 3.8) is 0 Å². The number of benzene rings is 1. The molecule has 2 nitrogen and oxygen atoms in total. The van der Waals surface area contributed by atoms with Crippen LogP contribution >= 0.6 is 15.9 Å². The van der Waals surface area contributed by atoms with Crippen molar-refractivity contribution in [1.82, 2.24) is 0 Å². The Hall–Kier alpha value is -0.540. The van der Waals surface area contributed by atoms with Gasteiger partial charge in [-0.25, -0.2) is 0 Å². The van der Waals surface area contributed by atoms with Gasteiger partial charge in [-0.2, -0.15) is 0 Å². The third-order valence-corrected chi connectivity index (χ3v) is 2.86. The monoisotopic (exact) mass is 240 g/mol. The predicted molar refractivity (Wildman–Crippen MR) is 59.0 cm³/mol. The summed E-state index contributed by atoms with van der Waals surface area (Å²) in [6, 6.07) is 4.53. The van der Waals surface area contributed by atoms with Gasteiger partial charge in [-0.3, -0.25) is 0 Å². The van der Waals surface area contributed by atoms with Gasteiger partial charge in [0, 0.05) is 22.7 Å². The zero-order chi connectivity index (χ0) is 9.42. The molecule has 0 amide bonds. The van der Waals surface area contributed by atoms with Gasteiger partial charge in [0.1, 0.15) is 0 Å². The first-order chi connectivity index (χ1) is 6.16. The van der Waals surface area contributed by atoms with E-state index in [-0.39, 0.29) is 6.04 Å². The number of rotatable bonds is 0. The fourth-order valence-electron chi connectivity index (χ4n) is 1.81. The molecule has 0 saturated heterocycles. The third kappa shape index (κ3) is 1.71. The molecular weight excluding hydrogens is 228 g/mol. The van der Waals surface area contributed by atoms with Gasteiger partial charge in [-0.05, 0) is 36.6 Å². The highest BCUT2D eigenvalue weighted by Crippen LogP contribution is 2.28. The van der Waals surface area contributed by atoms with E-state index in [1.54, 1.807) is 0 Å². The van der Waals surface area contributed by atoms with Crippen LogP contribution in [0.5, 0.6) is 0 Å². The second-order valence-corrected chi connectivity index (χ2v) is 4.52. The number of nitrogens with two attached hydrogens (primary N) is 1. The van der Waals surface area contributed by atoms with E-state index in [9.17, 15) is 0 Å². The molecule has 0 aliphatic carbocycles. The highest BCUT2D eigenvalue weighted by molar-refractivity contribution is 9.10. The SMILES string of the molecule is Cc1cc(Br)cc2c1NCC(N)C2. The molecule has 0 fully saturated rings. The van der Waals surface area contributed by atoms with E-state index < -0.39 is 0 Å². The van der Waals surface area contributed by atoms with Crippen LogP contribution < -0.4 is 11.1 Å². The van der Waals surface area contributed by atoms with Gasteiger partial charge in [0.25, 0.3) is 0 Å². The molecule has 3 heteroatoms. The van der Waals surface area contributed by atoms with E-state index >= 15 is 0 Å². The summed E-state index contributed by atoms with van der Waals surface area (Å²) in [4.78, 5) is 0. The van der Waals surface area contributed by atoms with Gasteiger partial charge < -0.3 is 11.1 Å². The van der Waals surface area contributed by atoms with Crippen molar-refractivity contribution >= 4 is 21.6 Å². The van der Waals surface area contributed by atoms with Crippen LogP contribution in [-0.2, 0) is 6.42 Å². The summed E-state index contributed by atoms with van der Waals surface area (Å²) < 4.78 is 1.14. The molecule has 1 unspecified atom stereocenters. The first kappa shape index (κ1) is 9.03. The maximum atomic E-state index is 5.87. The summed E-state index contributed by atoms with van der Waals surface area (Å²) in [6.45, 7) is 3.00. The Morgan fingerprint density at radius 2 is 2.31 bits per heavy atom. The van der Waals surface area contributed by atoms with Gasteiger partial charge in [-0.1, -0.05) is 15.9 Å². The van der Waals surface area contributed by atoms with Crippen LogP contribution in [-0.4, -0.2) is 12.6 Å². The number of hydrogen-bond donors (Lipinski definition) is 2. The first-order valence-electron chi connectivity index (χ1n) is 4.45. The lowest BCUT2D eigenvalue weighted by atomic mass is 9.97. The molecule has 1 aromatic carbocycles. The molecule has 3 N–H and O–H groups in total. The number of nitrogens with one attached hydrogen (secondary N) is 1. The smallest absolute Gasteiger partial charge is 0.0404 e. The van der Waals surface area contributed by atoms with Gasteiger partial charge in [-0.15, -0.1) is 0 Å². The molecule has 0 saturated carbocycles. The molecule has 1 aliphatic rings. The largest absolute Gasteiger partial charge is 0.383 e. The van der Waals surface area contributed by atoms with Gasteiger partial charge in [0.05, 0.1) is 0 Å². The normalized spacial score (nSPS) is 20.7. The van der Waals surface area contributed by atoms with E-state index in [4.69, 9.17) is 5.73 Å². The zero-order valence-corrected chi connectivity index (χ0v) is 9.19. The van der Waals surface area contributed by atoms with Crippen molar-refractivity contribution in [2.75, 3.05) is 11.9 Å². The number of hydrogen-bond acceptors (Lipinski definition) is 2. The fraction of sp³-hybridized carbons (Fsp3) is 0.400. The van der Waals surface area contributed by atoms with Crippen molar-refractivity contribution < 1.29 is 0 Å². The Bertz CT molecular complexity index is 336. The second-order valence-electron chi connectivity index (χ2n) is 3.60. The average molecular weight is 241 g/mol. The summed E-state index contributed by atoms with van der Waals surface area (Å²) in [6.07, 6.45) is 0.975. The Labute approximate surface area is 86.6 Å². The molecular formula is C10H13BrN2. The maximum Gasteiger partial charge on any atom is 0.0404 e. The minimum Gasteiger partial charge on any atom is -0.383 e. The molecule has 1 heterocycles. The fourth-order valence-corrected chi connectivity index (χ4v) is 2.43. The summed E-state index contributed by atoms with van der Waals surface area (Å²) >= 11 is 3.49. The lowest BCUT2D eigenvalue weighted by Crippen LogP contribution is -2.35. The van der Waals surface area contributed by atoms with Crippen LogP contribution in [0.25, 0.3) is 0 Å². The summed E-state index contributed by atoms with van der Waals surface area (Å²) in [5.74, 6) is 0. The van der Waals surface area contributed by atoms with Crippen molar-refractivity contribution in [2.24, 2.45) is 5.73 Å². The van der Waals surface area contributed by atoms with E-state index in [1.807, 2.05) is 0 Å². The van der Waals surface area contributed by atoms with E-state index in [0.717, 1.165) is 17.4 Å². The first-order valence-corrected chi connectivity index (χ1v) is 5.24. The molecule has 0 radical (unpaired) electrons. The predicted octanol–water partition coefficient (Wildman–Crippen LogP) is 2.05. The molecule has 0 bridgehead atoms. The van der Waals surface area contributed by atoms with Gasteiger partial charge in [0.15, 0.2) is 0 Å². The Morgan fingerprint density at radius 3 is 3.08 bits per heavy atom. The minimum absolute atomic E-state index is 0.251. The lowest BCUT2D eigenvalue weighted by Gasteiger charge is -2.25. The van der Waals surface area contributed by atoms with Gasteiger partial charge >= 0.3 is 0 Å². The third-order valence-electron chi connectivity index (χ3n) is 2.41. The van der Waals surface area contributed by atoms with Crippen LogP contribution in [0.3, 0.4) is 0 Å². The maximum absolute atomic E-state index is 5.87. The Kier molecular flexibility index (Phi) is 2.30. The Balaban J connectivity index is 2.47.